The molecule has 7 nitrogen and oxygen atoms in total. The van der Waals surface area contributed by atoms with Gasteiger partial charge in [0.05, 0.1) is 19.2 Å². The number of rotatable bonds is 7. The van der Waals surface area contributed by atoms with Gasteiger partial charge in [-0.1, -0.05) is 48.0 Å². The summed E-state index contributed by atoms with van der Waals surface area (Å²) in [5.74, 6) is -0.198. The van der Waals surface area contributed by atoms with Gasteiger partial charge < -0.3 is 9.64 Å². The molecule has 0 bridgehead atoms. The normalized spacial score (nSPS) is 18.6. The Kier molecular flexibility index (Phi) is 7.56. The Morgan fingerprint density at radius 2 is 1.58 bits per heavy atom. The predicted octanol–water partition coefficient (Wildman–Crippen LogP) is 4.44. The van der Waals surface area contributed by atoms with Gasteiger partial charge in [0.15, 0.2) is 0 Å². The zero-order valence-electron chi connectivity index (χ0n) is 21.9. The molecule has 38 heavy (non-hydrogen) atoms. The summed E-state index contributed by atoms with van der Waals surface area (Å²) < 4.78 is 5.25. The van der Waals surface area contributed by atoms with Crippen molar-refractivity contribution < 1.29 is 19.1 Å². The van der Waals surface area contributed by atoms with Gasteiger partial charge in [-0.05, 0) is 61.7 Å². The van der Waals surface area contributed by atoms with Crippen LogP contribution in [-0.2, 0) is 16.1 Å². The molecule has 2 aliphatic heterocycles. The topological polar surface area (TPSA) is 70.2 Å². The van der Waals surface area contributed by atoms with Crippen LogP contribution in [0.5, 0.6) is 5.75 Å². The summed E-state index contributed by atoms with van der Waals surface area (Å²) in [4.78, 5) is 46.1. The van der Waals surface area contributed by atoms with E-state index in [-0.39, 0.29) is 30.2 Å². The monoisotopic (exact) mass is 511 g/mol. The minimum absolute atomic E-state index is 0.0150. The summed E-state index contributed by atoms with van der Waals surface area (Å²) in [7, 11) is 1.58. The molecule has 1 atom stereocenters. The van der Waals surface area contributed by atoms with E-state index in [1.165, 1.54) is 10.5 Å². The Labute approximate surface area is 223 Å². The molecule has 2 heterocycles. The number of methoxy groups -OCH3 is 1. The van der Waals surface area contributed by atoms with Crippen molar-refractivity contribution >= 4 is 23.4 Å². The van der Waals surface area contributed by atoms with Gasteiger partial charge in [-0.3, -0.25) is 19.3 Å². The Bertz CT molecular complexity index is 1280. The van der Waals surface area contributed by atoms with Crippen molar-refractivity contribution in [1.29, 1.82) is 0 Å². The molecule has 0 N–H and O–H groups in total. The van der Waals surface area contributed by atoms with Crippen LogP contribution in [0.2, 0.25) is 0 Å². The second kappa shape index (κ2) is 11.2. The second-order valence-electron chi connectivity index (χ2n) is 10.1. The maximum Gasteiger partial charge on any atom is 0.257 e. The maximum absolute atomic E-state index is 13.9. The van der Waals surface area contributed by atoms with E-state index in [9.17, 15) is 14.4 Å². The number of likely N-dealkylation sites (tertiary alicyclic amines) is 1. The number of piperidine rings is 1. The molecule has 0 radical (unpaired) electrons. The molecule has 0 spiro atoms. The van der Waals surface area contributed by atoms with E-state index in [1.54, 1.807) is 48.4 Å². The molecule has 2 aliphatic rings. The molecule has 2 fully saturated rings. The van der Waals surface area contributed by atoms with Crippen LogP contribution in [0.1, 0.15) is 40.7 Å². The van der Waals surface area contributed by atoms with E-state index in [1.807, 2.05) is 37.3 Å². The van der Waals surface area contributed by atoms with Crippen LogP contribution < -0.4 is 9.64 Å². The number of hydrogen-bond acceptors (Lipinski definition) is 5. The Hall–Kier alpha value is -3.97. The van der Waals surface area contributed by atoms with E-state index in [4.69, 9.17) is 4.74 Å². The first-order valence-corrected chi connectivity index (χ1v) is 13.1. The number of carbonyl (C=O) groups excluding carboxylic acids is 3. The third-order valence-electron chi connectivity index (χ3n) is 7.52. The fraction of sp³-hybridized carbons (Fsp3) is 0.323. The number of carbonyl (C=O) groups is 3. The Morgan fingerprint density at radius 1 is 0.921 bits per heavy atom. The number of amides is 3. The fourth-order valence-corrected chi connectivity index (χ4v) is 5.44. The van der Waals surface area contributed by atoms with Crippen molar-refractivity contribution in [3.63, 3.8) is 0 Å². The first kappa shape index (κ1) is 25.7. The fourth-order valence-electron chi connectivity index (χ4n) is 5.44. The van der Waals surface area contributed by atoms with E-state index in [0.717, 1.165) is 38.0 Å². The van der Waals surface area contributed by atoms with Gasteiger partial charge >= 0.3 is 0 Å². The van der Waals surface area contributed by atoms with Crippen LogP contribution in [0.3, 0.4) is 0 Å². The van der Waals surface area contributed by atoms with Crippen molar-refractivity contribution in [3.05, 3.63) is 95.6 Å². The minimum atomic E-state index is -0.830. The van der Waals surface area contributed by atoms with Gasteiger partial charge in [0.2, 0.25) is 5.91 Å². The molecule has 3 amide bonds. The molecular formula is C31H33N3O4. The highest BCUT2D eigenvalue weighted by molar-refractivity contribution is 6.23. The molecule has 0 aromatic heterocycles. The second-order valence-corrected chi connectivity index (χ2v) is 10.1. The quantitative estimate of drug-likeness (QED) is 0.439. The molecule has 0 saturated carbocycles. The third-order valence-corrected chi connectivity index (χ3v) is 7.52. The molecule has 2 saturated heterocycles. The lowest BCUT2D eigenvalue weighted by Gasteiger charge is -2.40. The van der Waals surface area contributed by atoms with Crippen molar-refractivity contribution in [2.24, 2.45) is 0 Å². The summed E-state index contributed by atoms with van der Waals surface area (Å²) in [5.41, 5.74) is 3.32. The first-order valence-electron chi connectivity index (χ1n) is 13.1. The summed E-state index contributed by atoms with van der Waals surface area (Å²) in [5, 5.41) is 0. The van der Waals surface area contributed by atoms with Crippen molar-refractivity contribution in [1.82, 2.24) is 9.80 Å². The summed E-state index contributed by atoms with van der Waals surface area (Å²) >= 11 is 0. The van der Waals surface area contributed by atoms with Crippen LogP contribution in [0.15, 0.2) is 78.9 Å². The first-order chi connectivity index (χ1) is 18.4. The Morgan fingerprint density at radius 3 is 2.21 bits per heavy atom. The van der Waals surface area contributed by atoms with Crippen LogP contribution in [0, 0.1) is 6.92 Å². The molecule has 3 aromatic carbocycles. The third kappa shape index (κ3) is 5.34. The highest BCUT2D eigenvalue weighted by Gasteiger charge is 2.47. The number of hydrogen-bond donors (Lipinski definition) is 0. The molecule has 3 aromatic rings. The van der Waals surface area contributed by atoms with Crippen molar-refractivity contribution in [2.45, 2.75) is 44.8 Å². The maximum atomic E-state index is 13.9. The number of imide groups is 1. The van der Waals surface area contributed by atoms with Gasteiger partial charge in [0.1, 0.15) is 11.8 Å². The molecule has 7 heteroatoms. The van der Waals surface area contributed by atoms with Gasteiger partial charge in [0.25, 0.3) is 11.8 Å². The van der Waals surface area contributed by atoms with Crippen LogP contribution >= 0.6 is 0 Å². The average molecular weight is 512 g/mol. The van der Waals surface area contributed by atoms with Gasteiger partial charge in [0, 0.05) is 31.2 Å². The van der Waals surface area contributed by atoms with Gasteiger partial charge in [-0.25, -0.2) is 4.90 Å². The summed E-state index contributed by atoms with van der Waals surface area (Å²) in [6.07, 6.45) is 1.45. The molecule has 196 valence electrons. The van der Waals surface area contributed by atoms with Crippen LogP contribution in [0.4, 0.5) is 5.69 Å². The van der Waals surface area contributed by atoms with E-state index < -0.39 is 6.04 Å². The number of nitrogens with zero attached hydrogens (tertiary/aromatic N) is 3. The zero-order valence-corrected chi connectivity index (χ0v) is 21.9. The van der Waals surface area contributed by atoms with E-state index in [0.29, 0.717) is 17.0 Å². The number of aryl methyl sites for hydroxylation is 1. The van der Waals surface area contributed by atoms with Crippen LogP contribution in [-0.4, -0.2) is 59.8 Å². The van der Waals surface area contributed by atoms with Crippen molar-refractivity contribution in [2.75, 3.05) is 25.1 Å². The SMILES string of the molecule is COc1ccc(C(=O)N(C2CCN(Cc3ccccc3)CC2)C2CC(=O)N(c3ccc(C)cc3)C2=O)cc1. The predicted molar refractivity (Wildman–Crippen MR) is 146 cm³/mol. The number of benzene rings is 3. The summed E-state index contributed by atoms with van der Waals surface area (Å²) in [6.45, 7) is 4.42. The summed E-state index contributed by atoms with van der Waals surface area (Å²) in [6, 6.07) is 23.6. The lowest BCUT2D eigenvalue weighted by atomic mass is 9.98. The molecule has 5 rings (SSSR count). The van der Waals surface area contributed by atoms with E-state index in [2.05, 4.69) is 17.0 Å². The highest BCUT2D eigenvalue weighted by Crippen LogP contribution is 2.31. The van der Waals surface area contributed by atoms with Gasteiger partial charge in [-0.15, -0.1) is 0 Å². The van der Waals surface area contributed by atoms with Gasteiger partial charge in [-0.2, -0.15) is 0 Å². The number of anilines is 1. The lowest BCUT2D eigenvalue weighted by molar-refractivity contribution is -0.123. The smallest absolute Gasteiger partial charge is 0.257 e. The minimum Gasteiger partial charge on any atom is -0.497 e. The highest BCUT2D eigenvalue weighted by atomic mass is 16.5. The van der Waals surface area contributed by atoms with E-state index >= 15 is 0 Å². The molecular weight excluding hydrogens is 478 g/mol. The molecule has 0 aliphatic carbocycles. The Balaban J connectivity index is 1.39. The number of ether oxygens (including phenoxy) is 1. The zero-order chi connectivity index (χ0) is 26.6. The standard InChI is InChI=1S/C31H33N3O4/c1-22-8-12-25(13-9-22)34-29(35)20-28(31(34)37)33(30(36)24-10-14-27(38-2)15-11-24)26-16-18-32(19-17-26)21-23-6-4-3-5-7-23/h3-15,26,28H,16-21H2,1-2H3. The average Bonchev–Trinajstić information content (AvgIpc) is 3.24. The largest absolute Gasteiger partial charge is 0.497 e. The van der Waals surface area contributed by atoms with Crippen molar-refractivity contribution in [3.8, 4) is 5.75 Å². The van der Waals surface area contributed by atoms with Crippen LogP contribution in [0.25, 0.3) is 0 Å². The lowest BCUT2D eigenvalue weighted by Crippen LogP contribution is -2.54. The molecule has 1 unspecified atom stereocenters.